The number of hydrogen-bond donors (Lipinski definition) is 1. The Labute approximate surface area is 102 Å². The van der Waals surface area contributed by atoms with Crippen molar-refractivity contribution in [2.24, 2.45) is 0 Å². The zero-order valence-corrected chi connectivity index (χ0v) is 9.35. The maximum Gasteiger partial charge on any atom is 0.331 e. The molecule has 1 aromatic heterocycles. The fraction of sp³-hybridized carbons (Fsp3) is 0. The standard InChI is InChI=1S/C11H7ClN4O/c12-9-5-8(6-13)1-2-10(9)15-11(17)16-4-3-14-7-16/h1-5,7H,(H,15,17). The number of nitrogens with one attached hydrogen (secondary N) is 1. The largest absolute Gasteiger partial charge is 0.331 e. The highest BCUT2D eigenvalue weighted by atomic mass is 35.5. The Balaban J connectivity index is 2.20. The molecule has 5 nitrogen and oxygen atoms in total. The molecule has 0 radical (unpaired) electrons. The second kappa shape index (κ2) is 4.68. The SMILES string of the molecule is N#Cc1ccc(NC(=O)n2ccnc2)c(Cl)c1. The van der Waals surface area contributed by atoms with Gasteiger partial charge in [0.2, 0.25) is 0 Å². The molecule has 0 spiro atoms. The predicted octanol–water partition coefficient (Wildman–Crippen LogP) is 2.49. The van der Waals surface area contributed by atoms with Crippen LogP contribution in [0.2, 0.25) is 5.02 Å². The molecule has 0 aliphatic heterocycles. The van der Waals surface area contributed by atoms with Gasteiger partial charge < -0.3 is 5.32 Å². The number of benzene rings is 1. The number of rotatable bonds is 1. The van der Waals surface area contributed by atoms with Gasteiger partial charge in [-0.25, -0.2) is 9.78 Å². The molecule has 0 atom stereocenters. The van der Waals surface area contributed by atoms with Gasteiger partial charge in [0.15, 0.2) is 0 Å². The van der Waals surface area contributed by atoms with Crippen LogP contribution in [0.4, 0.5) is 10.5 Å². The number of carbonyl (C=O) groups excluding carboxylic acids is 1. The van der Waals surface area contributed by atoms with Gasteiger partial charge in [-0.05, 0) is 18.2 Å². The molecule has 2 rings (SSSR count). The van der Waals surface area contributed by atoms with Gasteiger partial charge >= 0.3 is 6.03 Å². The van der Waals surface area contributed by atoms with Crippen LogP contribution in [0.3, 0.4) is 0 Å². The summed E-state index contributed by atoms with van der Waals surface area (Å²) in [6.45, 7) is 0. The minimum atomic E-state index is -0.367. The zero-order valence-electron chi connectivity index (χ0n) is 8.59. The number of imidazole rings is 1. The van der Waals surface area contributed by atoms with E-state index in [0.717, 1.165) is 0 Å². The zero-order chi connectivity index (χ0) is 12.3. The van der Waals surface area contributed by atoms with E-state index in [9.17, 15) is 4.79 Å². The van der Waals surface area contributed by atoms with E-state index < -0.39 is 0 Å². The van der Waals surface area contributed by atoms with Crippen LogP contribution in [0.15, 0.2) is 36.9 Å². The first kappa shape index (κ1) is 11.2. The van der Waals surface area contributed by atoms with Crippen LogP contribution in [-0.4, -0.2) is 15.6 Å². The van der Waals surface area contributed by atoms with Gasteiger partial charge in [-0.15, -0.1) is 0 Å². The number of nitriles is 1. The molecule has 0 saturated heterocycles. The van der Waals surface area contributed by atoms with Gasteiger partial charge in [-0.1, -0.05) is 11.6 Å². The number of amides is 1. The van der Waals surface area contributed by atoms with Crippen molar-refractivity contribution in [1.82, 2.24) is 9.55 Å². The molecule has 1 amide bonds. The lowest BCUT2D eigenvalue weighted by atomic mass is 10.2. The molecule has 1 aromatic carbocycles. The molecular formula is C11H7ClN4O. The van der Waals surface area contributed by atoms with Crippen LogP contribution < -0.4 is 5.32 Å². The highest BCUT2D eigenvalue weighted by Crippen LogP contribution is 2.22. The molecule has 0 unspecified atom stereocenters. The van der Waals surface area contributed by atoms with Crippen molar-refractivity contribution in [2.75, 3.05) is 5.32 Å². The summed E-state index contributed by atoms with van der Waals surface area (Å²) in [5.41, 5.74) is 0.889. The molecule has 6 heteroatoms. The van der Waals surface area contributed by atoms with E-state index in [4.69, 9.17) is 16.9 Å². The number of anilines is 1. The Morgan fingerprint density at radius 1 is 1.53 bits per heavy atom. The van der Waals surface area contributed by atoms with Gasteiger partial charge in [0, 0.05) is 12.4 Å². The molecule has 17 heavy (non-hydrogen) atoms. The molecule has 84 valence electrons. The first-order chi connectivity index (χ1) is 8.20. The van der Waals surface area contributed by atoms with Crippen molar-refractivity contribution in [3.63, 3.8) is 0 Å². The first-order valence-electron chi connectivity index (χ1n) is 4.69. The fourth-order valence-corrected chi connectivity index (χ4v) is 1.47. The maximum atomic E-state index is 11.7. The summed E-state index contributed by atoms with van der Waals surface area (Å²) in [6.07, 6.45) is 4.40. The van der Waals surface area contributed by atoms with Gasteiger partial charge in [0.05, 0.1) is 22.3 Å². The van der Waals surface area contributed by atoms with E-state index >= 15 is 0 Å². The Kier molecular flexibility index (Phi) is 3.08. The maximum absolute atomic E-state index is 11.7. The van der Waals surface area contributed by atoms with Gasteiger partial charge in [-0.3, -0.25) is 4.57 Å². The molecule has 0 aliphatic rings. The highest BCUT2D eigenvalue weighted by Gasteiger charge is 2.07. The average Bonchev–Trinajstić information content (AvgIpc) is 2.85. The topological polar surface area (TPSA) is 70.7 Å². The van der Waals surface area contributed by atoms with Gasteiger partial charge in [0.25, 0.3) is 0 Å². The van der Waals surface area contributed by atoms with Crippen LogP contribution in [0, 0.1) is 11.3 Å². The van der Waals surface area contributed by atoms with E-state index in [-0.39, 0.29) is 6.03 Å². The molecule has 1 heterocycles. The van der Waals surface area contributed by atoms with Crippen LogP contribution in [0.5, 0.6) is 0 Å². The van der Waals surface area contributed by atoms with Gasteiger partial charge in [-0.2, -0.15) is 5.26 Å². The summed E-state index contributed by atoms with van der Waals surface area (Å²) in [5, 5.41) is 11.6. The van der Waals surface area contributed by atoms with E-state index in [1.165, 1.54) is 29.4 Å². The summed E-state index contributed by atoms with van der Waals surface area (Å²) in [5.74, 6) is 0. The monoisotopic (exact) mass is 246 g/mol. The molecule has 2 aromatic rings. The summed E-state index contributed by atoms with van der Waals surface area (Å²) in [6, 6.07) is 6.25. The number of hydrogen-bond acceptors (Lipinski definition) is 3. The normalized spacial score (nSPS) is 9.65. The van der Waals surface area contributed by atoms with Crippen molar-refractivity contribution in [3.05, 3.63) is 47.5 Å². The number of aromatic nitrogens is 2. The molecule has 0 bridgehead atoms. The lowest BCUT2D eigenvalue weighted by Crippen LogP contribution is -2.17. The third-order valence-electron chi connectivity index (χ3n) is 2.08. The molecule has 0 aliphatic carbocycles. The highest BCUT2D eigenvalue weighted by molar-refractivity contribution is 6.33. The summed E-state index contributed by atoms with van der Waals surface area (Å²) >= 11 is 5.92. The minimum Gasteiger partial charge on any atom is -0.306 e. The second-order valence-corrected chi connectivity index (χ2v) is 3.61. The van der Waals surface area contributed by atoms with Crippen molar-refractivity contribution < 1.29 is 4.79 Å². The third kappa shape index (κ3) is 2.44. The Morgan fingerprint density at radius 3 is 2.94 bits per heavy atom. The van der Waals surface area contributed by atoms with Crippen molar-refractivity contribution >= 4 is 23.3 Å². The number of nitrogens with zero attached hydrogens (tertiary/aromatic N) is 3. The van der Waals surface area contributed by atoms with Crippen LogP contribution >= 0.6 is 11.6 Å². The number of carbonyl (C=O) groups is 1. The smallest absolute Gasteiger partial charge is 0.306 e. The van der Waals surface area contributed by atoms with Crippen LogP contribution in [0.25, 0.3) is 0 Å². The van der Waals surface area contributed by atoms with E-state index in [2.05, 4.69) is 10.3 Å². The second-order valence-electron chi connectivity index (χ2n) is 3.21. The third-order valence-corrected chi connectivity index (χ3v) is 2.39. The summed E-state index contributed by atoms with van der Waals surface area (Å²) in [4.78, 5) is 15.4. The lowest BCUT2D eigenvalue weighted by molar-refractivity contribution is 0.253. The Morgan fingerprint density at radius 2 is 2.35 bits per heavy atom. The Hall–Kier alpha value is -2.32. The Bertz CT molecular complexity index is 586. The lowest BCUT2D eigenvalue weighted by Gasteiger charge is -2.07. The van der Waals surface area contributed by atoms with Gasteiger partial charge in [0.1, 0.15) is 6.33 Å². The predicted molar refractivity (Wildman–Crippen MR) is 62.8 cm³/mol. The molecule has 1 N–H and O–H groups in total. The van der Waals surface area contributed by atoms with Crippen molar-refractivity contribution in [3.8, 4) is 6.07 Å². The quantitative estimate of drug-likeness (QED) is 0.840. The molecule has 0 saturated carbocycles. The van der Waals surface area contributed by atoms with Crippen LogP contribution in [0.1, 0.15) is 5.56 Å². The van der Waals surface area contributed by atoms with E-state index in [0.29, 0.717) is 16.3 Å². The van der Waals surface area contributed by atoms with Crippen molar-refractivity contribution in [2.45, 2.75) is 0 Å². The van der Waals surface area contributed by atoms with Crippen molar-refractivity contribution in [1.29, 1.82) is 5.26 Å². The molecular weight excluding hydrogens is 240 g/mol. The average molecular weight is 247 g/mol. The van der Waals surface area contributed by atoms with E-state index in [1.807, 2.05) is 6.07 Å². The summed E-state index contributed by atoms with van der Waals surface area (Å²) in [7, 11) is 0. The summed E-state index contributed by atoms with van der Waals surface area (Å²) < 4.78 is 1.29. The number of halogens is 1. The fourth-order valence-electron chi connectivity index (χ4n) is 1.25. The van der Waals surface area contributed by atoms with Crippen LogP contribution in [-0.2, 0) is 0 Å². The minimum absolute atomic E-state index is 0.317. The van der Waals surface area contributed by atoms with E-state index in [1.54, 1.807) is 12.1 Å². The first-order valence-corrected chi connectivity index (χ1v) is 5.07. The molecule has 0 fully saturated rings.